The molecule has 1 aliphatic rings. The Labute approximate surface area is 165 Å². The summed E-state index contributed by atoms with van der Waals surface area (Å²) in [6, 6.07) is 0.695. The first kappa shape index (κ1) is 23.7. The van der Waals surface area contributed by atoms with Gasteiger partial charge >= 0.3 is 0 Å². The predicted molar refractivity (Wildman–Crippen MR) is 118 cm³/mol. The second kappa shape index (κ2) is 11.5. The van der Waals surface area contributed by atoms with Crippen LogP contribution < -0.4 is 0 Å². The monoisotopic (exact) mass is 364 g/mol. The van der Waals surface area contributed by atoms with Gasteiger partial charge in [-0.3, -0.25) is 0 Å². The highest BCUT2D eigenvalue weighted by molar-refractivity contribution is 5.22. The third-order valence-corrected chi connectivity index (χ3v) is 6.92. The van der Waals surface area contributed by atoms with Crippen LogP contribution in [0.5, 0.6) is 0 Å². The fraction of sp³-hybridized carbons (Fsp3) is 0.917. The molecule has 0 saturated carbocycles. The van der Waals surface area contributed by atoms with E-state index in [-0.39, 0.29) is 0 Å². The van der Waals surface area contributed by atoms with Crippen LogP contribution in [0.3, 0.4) is 0 Å². The molecule has 0 spiro atoms. The summed E-state index contributed by atoms with van der Waals surface area (Å²) in [5.74, 6) is 0.781. The lowest BCUT2D eigenvalue weighted by Crippen LogP contribution is -2.34. The Morgan fingerprint density at radius 3 is 2.31 bits per heavy atom. The van der Waals surface area contributed by atoms with Crippen molar-refractivity contribution in [3.8, 4) is 0 Å². The van der Waals surface area contributed by atoms with Crippen molar-refractivity contribution in [2.24, 2.45) is 11.3 Å². The van der Waals surface area contributed by atoms with E-state index in [0.29, 0.717) is 11.5 Å². The van der Waals surface area contributed by atoms with Crippen molar-refractivity contribution in [2.75, 3.05) is 33.2 Å². The summed E-state index contributed by atoms with van der Waals surface area (Å²) in [5, 5.41) is 0. The summed E-state index contributed by atoms with van der Waals surface area (Å²) in [7, 11) is 2.33. The summed E-state index contributed by atoms with van der Waals surface area (Å²) in [4.78, 5) is 5.14. The van der Waals surface area contributed by atoms with Crippen LogP contribution in [-0.2, 0) is 0 Å². The molecule has 0 bridgehead atoms. The van der Waals surface area contributed by atoms with Crippen molar-refractivity contribution in [1.29, 1.82) is 0 Å². The van der Waals surface area contributed by atoms with E-state index in [4.69, 9.17) is 0 Å². The highest BCUT2D eigenvalue weighted by atomic mass is 15.1. The Balaban J connectivity index is 2.36. The van der Waals surface area contributed by atoms with Crippen LogP contribution in [-0.4, -0.2) is 49.1 Å². The Bertz CT molecular complexity index is 420. The standard InChI is InChI=1S/C24H48N2/c1-9-26(10-2)18-12-14-22(5)25(8)19-20(3)15-16-23-21(4)13-11-17-24(23,6)7/h20,22H,9-19H2,1-8H3/t20-,22+/m0/s1. The normalized spacial score (nSPS) is 20.1. The van der Waals surface area contributed by atoms with Crippen LogP contribution in [0, 0.1) is 11.3 Å². The molecular formula is C24H48N2. The highest BCUT2D eigenvalue weighted by Crippen LogP contribution is 2.42. The van der Waals surface area contributed by atoms with Gasteiger partial charge in [0.15, 0.2) is 0 Å². The van der Waals surface area contributed by atoms with Crippen LogP contribution in [0.1, 0.15) is 93.4 Å². The smallest absolute Gasteiger partial charge is 0.00644 e. The van der Waals surface area contributed by atoms with E-state index >= 15 is 0 Å². The minimum absolute atomic E-state index is 0.436. The van der Waals surface area contributed by atoms with Gasteiger partial charge in [0.2, 0.25) is 0 Å². The topological polar surface area (TPSA) is 6.48 Å². The Morgan fingerprint density at radius 1 is 1.08 bits per heavy atom. The Hall–Kier alpha value is -0.340. The quantitative estimate of drug-likeness (QED) is 0.371. The van der Waals surface area contributed by atoms with Gasteiger partial charge in [-0.25, -0.2) is 0 Å². The van der Waals surface area contributed by atoms with Crippen molar-refractivity contribution in [2.45, 2.75) is 99.5 Å². The zero-order valence-electron chi connectivity index (χ0n) is 19.3. The largest absolute Gasteiger partial charge is 0.304 e. The van der Waals surface area contributed by atoms with Gasteiger partial charge in [-0.2, -0.15) is 0 Å². The minimum Gasteiger partial charge on any atom is -0.304 e. The van der Waals surface area contributed by atoms with E-state index in [1.54, 1.807) is 11.1 Å². The van der Waals surface area contributed by atoms with E-state index in [1.807, 2.05) is 0 Å². The maximum Gasteiger partial charge on any atom is 0.00644 e. The molecule has 26 heavy (non-hydrogen) atoms. The maximum absolute atomic E-state index is 2.60. The SMILES string of the molecule is CCN(CC)CCC[C@@H](C)N(C)C[C@@H](C)CCC1=C(C)CCCC1(C)C. The van der Waals surface area contributed by atoms with Crippen molar-refractivity contribution in [3.63, 3.8) is 0 Å². The van der Waals surface area contributed by atoms with Gasteiger partial charge in [-0.1, -0.05) is 45.8 Å². The molecule has 0 heterocycles. The summed E-state index contributed by atoms with van der Waals surface area (Å²) < 4.78 is 0. The molecule has 2 nitrogen and oxygen atoms in total. The molecule has 0 saturated heterocycles. The molecule has 0 amide bonds. The van der Waals surface area contributed by atoms with Gasteiger partial charge < -0.3 is 9.80 Å². The Morgan fingerprint density at radius 2 is 1.73 bits per heavy atom. The molecular weight excluding hydrogens is 316 g/mol. The molecule has 0 radical (unpaired) electrons. The summed E-state index contributed by atoms with van der Waals surface area (Å²) in [5.41, 5.74) is 3.89. The van der Waals surface area contributed by atoms with Gasteiger partial charge in [0.1, 0.15) is 0 Å². The molecule has 1 rings (SSSR count). The van der Waals surface area contributed by atoms with E-state index in [9.17, 15) is 0 Å². The van der Waals surface area contributed by atoms with Crippen LogP contribution in [0.15, 0.2) is 11.1 Å². The second-order valence-corrected chi connectivity index (χ2v) is 9.60. The molecule has 0 aromatic carbocycles. The molecule has 0 N–H and O–H groups in total. The van der Waals surface area contributed by atoms with Gasteiger partial charge in [0.05, 0.1) is 0 Å². The third kappa shape index (κ3) is 7.72. The van der Waals surface area contributed by atoms with Crippen LogP contribution >= 0.6 is 0 Å². The van der Waals surface area contributed by atoms with Crippen LogP contribution in [0.25, 0.3) is 0 Å². The lowest BCUT2D eigenvalue weighted by atomic mass is 9.71. The number of allylic oxidation sites excluding steroid dienone is 2. The van der Waals surface area contributed by atoms with Crippen molar-refractivity contribution in [3.05, 3.63) is 11.1 Å². The van der Waals surface area contributed by atoms with E-state index in [1.165, 1.54) is 71.1 Å². The lowest BCUT2D eigenvalue weighted by molar-refractivity contribution is 0.197. The zero-order chi connectivity index (χ0) is 19.7. The molecule has 0 fully saturated rings. The van der Waals surface area contributed by atoms with Crippen molar-refractivity contribution >= 4 is 0 Å². The van der Waals surface area contributed by atoms with Crippen molar-refractivity contribution < 1.29 is 0 Å². The molecule has 0 aliphatic heterocycles. The van der Waals surface area contributed by atoms with Gasteiger partial charge in [0, 0.05) is 12.6 Å². The fourth-order valence-electron chi connectivity index (χ4n) is 4.75. The number of hydrogen-bond acceptors (Lipinski definition) is 2. The van der Waals surface area contributed by atoms with E-state index in [0.717, 1.165) is 5.92 Å². The summed E-state index contributed by atoms with van der Waals surface area (Å²) >= 11 is 0. The van der Waals surface area contributed by atoms with Gasteiger partial charge in [0.25, 0.3) is 0 Å². The molecule has 154 valence electrons. The second-order valence-electron chi connectivity index (χ2n) is 9.60. The summed E-state index contributed by atoms with van der Waals surface area (Å²) in [6.45, 7) is 21.5. The molecule has 0 aromatic rings. The minimum atomic E-state index is 0.436. The zero-order valence-corrected chi connectivity index (χ0v) is 19.3. The van der Waals surface area contributed by atoms with Gasteiger partial charge in [-0.05, 0) is 96.8 Å². The maximum atomic E-state index is 2.60. The first-order chi connectivity index (χ1) is 12.2. The first-order valence-corrected chi connectivity index (χ1v) is 11.3. The molecule has 0 aromatic heterocycles. The molecule has 1 aliphatic carbocycles. The predicted octanol–water partition coefficient (Wildman–Crippen LogP) is 6.37. The number of rotatable bonds is 12. The molecule has 2 heteroatoms. The van der Waals surface area contributed by atoms with Crippen LogP contribution in [0.2, 0.25) is 0 Å². The third-order valence-electron chi connectivity index (χ3n) is 6.92. The molecule has 0 unspecified atom stereocenters. The fourth-order valence-corrected chi connectivity index (χ4v) is 4.75. The first-order valence-electron chi connectivity index (χ1n) is 11.3. The number of nitrogens with zero attached hydrogens (tertiary/aromatic N) is 2. The molecule has 2 atom stereocenters. The van der Waals surface area contributed by atoms with E-state index in [2.05, 4.69) is 65.3 Å². The average molecular weight is 365 g/mol. The van der Waals surface area contributed by atoms with E-state index < -0.39 is 0 Å². The highest BCUT2D eigenvalue weighted by Gasteiger charge is 2.28. The van der Waals surface area contributed by atoms with Crippen LogP contribution in [0.4, 0.5) is 0 Å². The lowest BCUT2D eigenvalue weighted by Gasteiger charge is -2.35. The van der Waals surface area contributed by atoms with Gasteiger partial charge in [-0.15, -0.1) is 0 Å². The number of hydrogen-bond donors (Lipinski definition) is 0. The Kier molecular flexibility index (Phi) is 10.5. The summed E-state index contributed by atoms with van der Waals surface area (Å²) in [6.07, 6.45) is 9.37. The van der Waals surface area contributed by atoms with Crippen molar-refractivity contribution in [1.82, 2.24) is 9.80 Å². The average Bonchev–Trinajstić information content (AvgIpc) is 2.57.